The first-order valence-corrected chi connectivity index (χ1v) is 8.00. The van der Waals surface area contributed by atoms with Gasteiger partial charge in [-0.05, 0) is 25.1 Å². The van der Waals surface area contributed by atoms with E-state index in [-0.39, 0.29) is 18.8 Å². The molecule has 0 aliphatic carbocycles. The van der Waals surface area contributed by atoms with Crippen LogP contribution in [0.3, 0.4) is 0 Å². The second-order valence-corrected chi connectivity index (χ2v) is 5.13. The van der Waals surface area contributed by atoms with Crippen LogP contribution in [-0.4, -0.2) is 30.3 Å². The maximum absolute atomic E-state index is 11.6. The van der Waals surface area contributed by atoms with Gasteiger partial charge in [-0.2, -0.15) is 0 Å². The lowest BCUT2D eigenvalue weighted by molar-refractivity contribution is -0.136. The Bertz CT molecular complexity index is 429. The number of rotatable bonds is 7. The number of para-hydroxylation sites is 1. The summed E-state index contributed by atoms with van der Waals surface area (Å²) in [6.07, 6.45) is 0.298. The van der Waals surface area contributed by atoms with Gasteiger partial charge in [0.05, 0.1) is 12.0 Å². The molecular weight excluding hydrogens is 304 g/mol. The van der Waals surface area contributed by atoms with Gasteiger partial charge >= 0.3 is 11.9 Å². The third-order valence-electron chi connectivity index (χ3n) is 2.19. The van der Waals surface area contributed by atoms with Crippen LogP contribution in [-0.2, 0) is 13.8 Å². The van der Waals surface area contributed by atoms with Crippen LogP contribution in [0.5, 0.6) is 5.75 Å². The van der Waals surface area contributed by atoms with E-state index < -0.39 is 12.0 Å². The van der Waals surface area contributed by atoms with Crippen LogP contribution < -0.4 is 16.2 Å². The zero-order valence-electron chi connectivity index (χ0n) is 13.0. The molecular formula is C15H24N2O4S. The lowest BCUT2D eigenvalue weighted by Gasteiger charge is -2.10. The van der Waals surface area contributed by atoms with Gasteiger partial charge < -0.3 is 20.4 Å². The predicted molar refractivity (Wildman–Crippen MR) is 88.2 cm³/mol. The highest BCUT2D eigenvalue weighted by atomic mass is 32.2. The van der Waals surface area contributed by atoms with Gasteiger partial charge in [0, 0.05) is 12.2 Å². The topological polar surface area (TPSA) is 105 Å². The van der Waals surface area contributed by atoms with E-state index in [1.807, 2.05) is 19.9 Å². The van der Waals surface area contributed by atoms with Gasteiger partial charge in [-0.15, -0.1) is 0 Å². The van der Waals surface area contributed by atoms with E-state index in [1.165, 1.54) is 0 Å². The minimum absolute atomic E-state index is 0.0953. The number of nitrogens with two attached hydrogens (primary N) is 2. The molecule has 0 aliphatic heterocycles. The number of benzene rings is 1. The molecule has 0 spiro atoms. The van der Waals surface area contributed by atoms with Gasteiger partial charge in [-0.1, -0.05) is 32.0 Å². The molecule has 1 aromatic rings. The Hall–Kier alpha value is -1.57. The summed E-state index contributed by atoms with van der Waals surface area (Å²) in [5.74, 6) is 0.192. The fraction of sp³-hybridized carbons (Fsp3) is 0.467. The highest BCUT2D eigenvalue weighted by molar-refractivity contribution is 7.95. The predicted octanol–water partition coefficient (Wildman–Crippen LogP) is 1.88. The lowest BCUT2D eigenvalue weighted by atomic mass is 10.2. The van der Waals surface area contributed by atoms with Crippen molar-refractivity contribution in [2.75, 3.05) is 12.3 Å². The number of hydrogen-bond acceptors (Lipinski definition) is 7. The minimum Gasteiger partial charge on any atom is -0.425 e. The molecule has 1 atom stereocenters. The molecule has 0 heterocycles. The quantitative estimate of drug-likeness (QED) is 0.447. The van der Waals surface area contributed by atoms with Crippen LogP contribution in [0.25, 0.3) is 0 Å². The van der Waals surface area contributed by atoms with E-state index >= 15 is 0 Å². The Morgan fingerprint density at radius 1 is 1.23 bits per heavy atom. The van der Waals surface area contributed by atoms with Gasteiger partial charge in [0.15, 0.2) is 0 Å². The monoisotopic (exact) mass is 328 g/mol. The summed E-state index contributed by atoms with van der Waals surface area (Å²) < 4.78 is 9.88. The highest BCUT2D eigenvalue weighted by Crippen LogP contribution is 2.11. The molecule has 1 rings (SSSR count). The average Bonchev–Trinajstić information content (AvgIpc) is 2.52. The summed E-state index contributed by atoms with van der Waals surface area (Å²) >= 11 is 1.07. The fourth-order valence-electron chi connectivity index (χ4n) is 1.24. The largest absolute Gasteiger partial charge is 0.425 e. The van der Waals surface area contributed by atoms with E-state index in [2.05, 4.69) is 0 Å². The van der Waals surface area contributed by atoms with Gasteiger partial charge in [0.2, 0.25) is 0 Å². The fourth-order valence-corrected chi connectivity index (χ4v) is 1.57. The SMILES string of the molecule is CCN.CCSOC(=O)CCC(N)C(=O)Oc1ccccc1. The van der Waals surface area contributed by atoms with Crippen molar-refractivity contribution in [3.63, 3.8) is 0 Å². The van der Waals surface area contributed by atoms with Gasteiger partial charge in [-0.3, -0.25) is 4.79 Å². The standard InChI is InChI=1S/C13H17NO4S.C2H7N/c1-2-19-18-12(15)9-8-11(14)13(16)17-10-6-4-3-5-7-10;1-2-3/h3-7,11H,2,8-9,14H2,1H3;2-3H2,1H3. The van der Waals surface area contributed by atoms with E-state index in [0.717, 1.165) is 18.6 Å². The molecule has 124 valence electrons. The van der Waals surface area contributed by atoms with Crippen LogP contribution in [0, 0.1) is 0 Å². The summed E-state index contributed by atoms with van der Waals surface area (Å²) in [5, 5.41) is 0. The Balaban J connectivity index is 0.00000135. The highest BCUT2D eigenvalue weighted by Gasteiger charge is 2.17. The first-order valence-electron chi connectivity index (χ1n) is 7.09. The Kier molecular flexibility index (Phi) is 12.2. The zero-order valence-corrected chi connectivity index (χ0v) is 13.8. The van der Waals surface area contributed by atoms with Crippen molar-refractivity contribution in [1.29, 1.82) is 0 Å². The Labute approximate surface area is 135 Å². The first-order chi connectivity index (χ1) is 10.5. The maximum atomic E-state index is 11.6. The van der Waals surface area contributed by atoms with Gasteiger partial charge in [-0.25, -0.2) is 4.79 Å². The van der Waals surface area contributed by atoms with Crippen LogP contribution >= 0.6 is 12.0 Å². The van der Waals surface area contributed by atoms with Crippen molar-refractivity contribution in [1.82, 2.24) is 0 Å². The molecule has 0 radical (unpaired) electrons. The van der Waals surface area contributed by atoms with Gasteiger partial charge in [0.25, 0.3) is 0 Å². The molecule has 0 saturated carbocycles. The first kappa shape index (κ1) is 20.4. The lowest BCUT2D eigenvalue weighted by Crippen LogP contribution is -2.34. The maximum Gasteiger partial charge on any atom is 0.328 e. The van der Waals surface area contributed by atoms with Crippen molar-refractivity contribution in [3.8, 4) is 5.75 Å². The van der Waals surface area contributed by atoms with Crippen LogP contribution in [0.2, 0.25) is 0 Å². The minimum atomic E-state index is -0.834. The van der Waals surface area contributed by atoms with Gasteiger partial charge in [0.1, 0.15) is 11.8 Å². The van der Waals surface area contributed by atoms with Crippen molar-refractivity contribution in [2.24, 2.45) is 11.5 Å². The molecule has 1 aromatic carbocycles. The van der Waals surface area contributed by atoms with Crippen molar-refractivity contribution in [3.05, 3.63) is 30.3 Å². The number of ether oxygens (including phenoxy) is 1. The van der Waals surface area contributed by atoms with E-state index in [9.17, 15) is 9.59 Å². The van der Waals surface area contributed by atoms with E-state index in [0.29, 0.717) is 11.5 Å². The smallest absolute Gasteiger partial charge is 0.328 e. The second kappa shape index (κ2) is 13.1. The molecule has 0 fully saturated rings. The summed E-state index contributed by atoms with van der Waals surface area (Å²) in [7, 11) is 0. The normalized spacial score (nSPS) is 10.9. The Morgan fingerprint density at radius 2 is 1.82 bits per heavy atom. The molecule has 0 aromatic heterocycles. The van der Waals surface area contributed by atoms with E-state index in [1.54, 1.807) is 24.3 Å². The molecule has 0 bridgehead atoms. The van der Waals surface area contributed by atoms with E-state index in [4.69, 9.17) is 20.4 Å². The second-order valence-electron chi connectivity index (χ2n) is 4.15. The number of esters is 1. The van der Waals surface area contributed by atoms with Crippen molar-refractivity contribution in [2.45, 2.75) is 32.7 Å². The molecule has 0 amide bonds. The average molecular weight is 328 g/mol. The summed E-state index contributed by atoms with van der Waals surface area (Å²) in [6, 6.07) is 7.83. The van der Waals surface area contributed by atoms with Crippen LogP contribution in [0.1, 0.15) is 26.7 Å². The number of carbonyl (C=O) groups excluding carboxylic acids is 2. The third-order valence-corrected chi connectivity index (χ3v) is 2.73. The summed E-state index contributed by atoms with van der Waals surface area (Å²) in [6.45, 7) is 4.53. The summed E-state index contributed by atoms with van der Waals surface area (Å²) in [4.78, 5) is 22.9. The van der Waals surface area contributed by atoms with Crippen molar-refractivity contribution >= 4 is 24.0 Å². The molecule has 6 nitrogen and oxygen atoms in total. The van der Waals surface area contributed by atoms with Crippen LogP contribution in [0.15, 0.2) is 30.3 Å². The molecule has 4 N–H and O–H groups in total. The third kappa shape index (κ3) is 10.2. The van der Waals surface area contributed by atoms with Crippen molar-refractivity contribution < 1.29 is 18.5 Å². The molecule has 0 saturated heterocycles. The molecule has 1 unspecified atom stereocenters. The van der Waals surface area contributed by atoms with Crippen LogP contribution in [0.4, 0.5) is 0 Å². The number of carbonyl (C=O) groups is 2. The molecule has 7 heteroatoms. The Morgan fingerprint density at radius 3 is 2.36 bits per heavy atom. The zero-order chi connectivity index (χ0) is 16.8. The molecule has 22 heavy (non-hydrogen) atoms. The molecule has 0 aliphatic rings. The number of hydrogen-bond donors (Lipinski definition) is 2. The summed E-state index contributed by atoms with van der Waals surface area (Å²) in [5.41, 5.74) is 10.5.